The van der Waals surface area contributed by atoms with Crippen LogP contribution in [0.2, 0.25) is 0 Å². The number of carbonyl (C=O) groups is 1. The lowest BCUT2D eigenvalue weighted by Crippen LogP contribution is -2.25. The zero-order valence-corrected chi connectivity index (χ0v) is 15.6. The Hall–Kier alpha value is -3.27. The first-order valence-electron chi connectivity index (χ1n) is 9.05. The molecule has 3 rings (SSSR count). The van der Waals surface area contributed by atoms with E-state index in [1.807, 2.05) is 72.8 Å². The summed E-state index contributed by atoms with van der Waals surface area (Å²) in [7, 11) is 0. The van der Waals surface area contributed by atoms with E-state index in [1.54, 1.807) is 0 Å². The largest absolute Gasteiger partial charge is 0.484 e. The molecular weight excluding hydrogens is 336 g/mol. The summed E-state index contributed by atoms with van der Waals surface area (Å²) in [4.78, 5) is 14.3. The zero-order valence-electron chi connectivity index (χ0n) is 15.6. The summed E-state index contributed by atoms with van der Waals surface area (Å²) < 4.78 is 5.47. The van der Waals surface area contributed by atoms with E-state index < -0.39 is 0 Å². The van der Waals surface area contributed by atoms with Crippen molar-refractivity contribution < 1.29 is 9.53 Å². The number of anilines is 3. The van der Waals surface area contributed by atoms with Gasteiger partial charge in [0.15, 0.2) is 6.61 Å². The van der Waals surface area contributed by atoms with Gasteiger partial charge < -0.3 is 15.0 Å². The third-order valence-corrected chi connectivity index (χ3v) is 4.09. The molecule has 0 aliphatic rings. The Labute approximate surface area is 160 Å². The van der Waals surface area contributed by atoms with E-state index >= 15 is 0 Å². The van der Waals surface area contributed by atoms with Gasteiger partial charge in [0, 0.05) is 23.1 Å². The van der Waals surface area contributed by atoms with Crippen LogP contribution in [0.1, 0.15) is 13.8 Å². The van der Waals surface area contributed by atoms with Crippen LogP contribution in [-0.4, -0.2) is 18.6 Å². The van der Waals surface area contributed by atoms with Gasteiger partial charge in [0.1, 0.15) is 5.75 Å². The molecular formula is C23H24N2O2. The Morgan fingerprint density at radius 1 is 0.852 bits per heavy atom. The van der Waals surface area contributed by atoms with Crippen LogP contribution in [0.25, 0.3) is 0 Å². The molecule has 0 aromatic heterocycles. The van der Waals surface area contributed by atoms with E-state index in [4.69, 9.17) is 4.74 Å². The van der Waals surface area contributed by atoms with E-state index in [9.17, 15) is 4.79 Å². The second-order valence-electron chi connectivity index (χ2n) is 6.50. The van der Waals surface area contributed by atoms with Gasteiger partial charge in [-0.3, -0.25) is 4.79 Å². The molecule has 1 amide bonds. The minimum atomic E-state index is -0.185. The molecule has 0 fully saturated rings. The van der Waals surface area contributed by atoms with Crippen molar-refractivity contribution in [2.24, 2.45) is 0 Å². The molecule has 0 saturated carbocycles. The highest BCUT2D eigenvalue weighted by atomic mass is 16.5. The number of nitrogens with one attached hydrogen (secondary N) is 1. The summed E-state index contributed by atoms with van der Waals surface area (Å²) in [6, 6.07) is 27.7. The van der Waals surface area contributed by atoms with E-state index in [0.717, 1.165) is 17.1 Å². The van der Waals surface area contributed by atoms with E-state index in [-0.39, 0.29) is 12.5 Å². The maximum Gasteiger partial charge on any atom is 0.262 e. The summed E-state index contributed by atoms with van der Waals surface area (Å²) in [5, 5.41) is 2.86. The first-order valence-corrected chi connectivity index (χ1v) is 9.05. The van der Waals surface area contributed by atoms with Gasteiger partial charge in [0.2, 0.25) is 0 Å². The first-order chi connectivity index (χ1) is 13.1. The topological polar surface area (TPSA) is 41.6 Å². The van der Waals surface area contributed by atoms with Gasteiger partial charge in [-0.1, -0.05) is 36.4 Å². The number of rotatable bonds is 7. The fourth-order valence-electron chi connectivity index (χ4n) is 2.90. The Morgan fingerprint density at radius 2 is 1.41 bits per heavy atom. The average molecular weight is 360 g/mol. The number of para-hydroxylation sites is 2. The number of nitrogens with zero attached hydrogens (tertiary/aromatic N) is 1. The highest BCUT2D eigenvalue weighted by Gasteiger charge is 2.13. The predicted octanol–water partition coefficient (Wildman–Crippen LogP) is 5.25. The van der Waals surface area contributed by atoms with Crippen LogP contribution in [0.4, 0.5) is 17.1 Å². The van der Waals surface area contributed by atoms with Crippen LogP contribution in [0.3, 0.4) is 0 Å². The zero-order chi connectivity index (χ0) is 19.1. The molecule has 3 aromatic rings. The number of hydrogen-bond acceptors (Lipinski definition) is 3. The average Bonchev–Trinajstić information content (AvgIpc) is 2.69. The minimum absolute atomic E-state index is 0.0199. The third kappa shape index (κ3) is 5.11. The van der Waals surface area contributed by atoms with Crippen molar-refractivity contribution in [3.05, 3.63) is 84.9 Å². The molecule has 0 unspecified atom stereocenters. The van der Waals surface area contributed by atoms with Crippen LogP contribution >= 0.6 is 0 Å². The van der Waals surface area contributed by atoms with Gasteiger partial charge in [0.25, 0.3) is 5.91 Å². The Morgan fingerprint density at radius 3 is 2.00 bits per heavy atom. The van der Waals surface area contributed by atoms with Crippen LogP contribution in [0.15, 0.2) is 84.9 Å². The lowest BCUT2D eigenvalue weighted by molar-refractivity contribution is -0.118. The molecule has 4 heteroatoms. The molecule has 0 aliphatic heterocycles. The molecule has 3 aromatic carbocycles. The highest BCUT2D eigenvalue weighted by Crippen LogP contribution is 2.28. The van der Waals surface area contributed by atoms with Crippen molar-refractivity contribution in [1.29, 1.82) is 0 Å². The summed E-state index contributed by atoms with van der Waals surface area (Å²) >= 11 is 0. The van der Waals surface area contributed by atoms with Crippen LogP contribution in [-0.2, 0) is 4.79 Å². The maximum absolute atomic E-state index is 12.1. The normalized spacial score (nSPS) is 10.5. The standard InChI is InChI=1S/C23H24N2O2/c1-18(2)25(20-9-5-3-6-10-20)21-15-13-19(14-16-21)24-23(26)17-27-22-11-7-4-8-12-22/h3-16,18H,17H2,1-2H3,(H,24,26). The third-order valence-electron chi connectivity index (χ3n) is 4.09. The van der Waals surface area contributed by atoms with Crippen molar-refractivity contribution >= 4 is 23.0 Å². The summed E-state index contributed by atoms with van der Waals surface area (Å²) in [6.07, 6.45) is 0. The molecule has 138 valence electrons. The van der Waals surface area contributed by atoms with Crippen molar-refractivity contribution in [2.75, 3.05) is 16.8 Å². The summed E-state index contributed by atoms with van der Waals surface area (Å²) in [6.45, 7) is 4.29. The lowest BCUT2D eigenvalue weighted by Gasteiger charge is -2.29. The smallest absolute Gasteiger partial charge is 0.262 e. The van der Waals surface area contributed by atoms with Crippen molar-refractivity contribution in [3.63, 3.8) is 0 Å². The van der Waals surface area contributed by atoms with Gasteiger partial charge in [-0.15, -0.1) is 0 Å². The summed E-state index contributed by atoms with van der Waals surface area (Å²) in [5.74, 6) is 0.494. The fraction of sp³-hybridized carbons (Fsp3) is 0.174. The first kappa shape index (κ1) is 18.5. The monoisotopic (exact) mass is 360 g/mol. The van der Waals surface area contributed by atoms with Gasteiger partial charge in [-0.05, 0) is 62.4 Å². The quantitative estimate of drug-likeness (QED) is 0.626. The number of carbonyl (C=O) groups excluding carboxylic acids is 1. The molecule has 0 radical (unpaired) electrons. The molecule has 0 bridgehead atoms. The van der Waals surface area contributed by atoms with Gasteiger partial charge in [-0.2, -0.15) is 0 Å². The molecule has 1 N–H and O–H groups in total. The minimum Gasteiger partial charge on any atom is -0.484 e. The Kier molecular flexibility index (Phi) is 6.10. The van der Waals surface area contributed by atoms with Crippen LogP contribution < -0.4 is 15.0 Å². The second kappa shape index (κ2) is 8.90. The molecule has 27 heavy (non-hydrogen) atoms. The van der Waals surface area contributed by atoms with E-state index in [1.165, 1.54) is 0 Å². The Bertz CT molecular complexity index is 847. The summed E-state index contributed by atoms with van der Waals surface area (Å²) in [5.41, 5.74) is 2.97. The van der Waals surface area contributed by atoms with Crippen LogP contribution in [0, 0.1) is 0 Å². The maximum atomic E-state index is 12.1. The molecule has 0 heterocycles. The highest BCUT2D eigenvalue weighted by molar-refractivity contribution is 5.92. The van der Waals surface area contributed by atoms with Crippen molar-refractivity contribution in [2.45, 2.75) is 19.9 Å². The molecule has 0 aliphatic carbocycles. The molecule has 0 atom stereocenters. The van der Waals surface area contributed by atoms with Crippen LogP contribution in [0.5, 0.6) is 5.75 Å². The SMILES string of the molecule is CC(C)N(c1ccccc1)c1ccc(NC(=O)COc2ccccc2)cc1. The predicted molar refractivity (Wildman–Crippen MR) is 111 cm³/mol. The second-order valence-corrected chi connectivity index (χ2v) is 6.50. The molecule has 4 nitrogen and oxygen atoms in total. The van der Waals surface area contributed by atoms with Gasteiger partial charge in [-0.25, -0.2) is 0 Å². The lowest BCUT2D eigenvalue weighted by atomic mass is 10.2. The Balaban J connectivity index is 1.63. The number of amides is 1. The molecule has 0 spiro atoms. The number of hydrogen-bond donors (Lipinski definition) is 1. The van der Waals surface area contributed by atoms with Gasteiger partial charge >= 0.3 is 0 Å². The van der Waals surface area contributed by atoms with Crippen molar-refractivity contribution in [1.82, 2.24) is 0 Å². The van der Waals surface area contributed by atoms with E-state index in [2.05, 4.69) is 36.2 Å². The fourth-order valence-corrected chi connectivity index (χ4v) is 2.90. The number of benzene rings is 3. The van der Waals surface area contributed by atoms with Crippen molar-refractivity contribution in [3.8, 4) is 5.75 Å². The van der Waals surface area contributed by atoms with Gasteiger partial charge in [0.05, 0.1) is 0 Å². The molecule has 0 saturated heterocycles. The van der Waals surface area contributed by atoms with E-state index in [0.29, 0.717) is 11.8 Å². The number of ether oxygens (including phenoxy) is 1.